The Bertz CT molecular complexity index is 593. The molecule has 2 N–H and O–H groups in total. The average Bonchev–Trinajstić information content (AvgIpc) is 2.56. The SMILES string of the molecule is C=CCOc1ccc(C(=O)NNC(=O)C=CC(=O)OCC)cc1. The number of carbonyl (C=O) groups excluding carboxylic acids is 3. The average molecular weight is 318 g/mol. The first kappa shape index (κ1) is 18.0. The molecule has 0 atom stereocenters. The number of rotatable bonds is 7. The second-order valence-electron chi connectivity index (χ2n) is 4.15. The van der Waals surface area contributed by atoms with E-state index in [1.807, 2.05) is 0 Å². The van der Waals surface area contributed by atoms with Gasteiger partial charge in [-0.05, 0) is 31.2 Å². The van der Waals surface area contributed by atoms with Gasteiger partial charge < -0.3 is 9.47 Å². The maximum Gasteiger partial charge on any atom is 0.330 e. The van der Waals surface area contributed by atoms with E-state index in [9.17, 15) is 14.4 Å². The molecular weight excluding hydrogens is 300 g/mol. The molecule has 23 heavy (non-hydrogen) atoms. The van der Waals surface area contributed by atoms with E-state index in [4.69, 9.17) is 4.74 Å². The molecule has 0 aliphatic heterocycles. The number of benzene rings is 1. The minimum atomic E-state index is -0.655. The molecule has 0 bridgehead atoms. The Morgan fingerprint density at radius 1 is 1.13 bits per heavy atom. The topological polar surface area (TPSA) is 93.7 Å². The van der Waals surface area contributed by atoms with Gasteiger partial charge >= 0.3 is 5.97 Å². The molecule has 1 aromatic rings. The lowest BCUT2D eigenvalue weighted by Gasteiger charge is -2.07. The molecular formula is C16H18N2O5. The molecule has 2 amide bonds. The molecule has 0 fully saturated rings. The van der Waals surface area contributed by atoms with Crippen LogP contribution in [-0.2, 0) is 14.3 Å². The second kappa shape index (κ2) is 9.78. The van der Waals surface area contributed by atoms with Crippen LogP contribution in [0.3, 0.4) is 0 Å². The molecule has 0 saturated carbocycles. The molecule has 0 heterocycles. The van der Waals surface area contributed by atoms with E-state index in [0.29, 0.717) is 17.9 Å². The summed E-state index contributed by atoms with van der Waals surface area (Å²) >= 11 is 0. The summed E-state index contributed by atoms with van der Waals surface area (Å²) in [6, 6.07) is 6.35. The molecule has 122 valence electrons. The summed E-state index contributed by atoms with van der Waals surface area (Å²) in [6.45, 7) is 5.77. The molecule has 7 heteroatoms. The van der Waals surface area contributed by atoms with Crippen molar-refractivity contribution in [1.82, 2.24) is 10.9 Å². The van der Waals surface area contributed by atoms with Gasteiger partial charge in [-0.2, -0.15) is 0 Å². The number of amides is 2. The molecule has 0 aromatic heterocycles. The highest BCUT2D eigenvalue weighted by Crippen LogP contribution is 2.11. The van der Waals surface area contributed by atoms with Crippen LogP contribution in [0.2, 0.25) is 0 Å². The van der Waals surface area contributed by atoms with Gasteiger partial charge in [-0.15, -0.1) is 0 Å². The predicted octanol–water partition coefficient (Wildman–Crippen LogP) is 1.13. The van der Waals surface area contributed by atoms with Crippen molar-refractivity contribution in [1.29, 1.82) is 0 Å². The summed E-state index contributed by atoms with van der Waals surface area (Å²) in [5, 5.41) is 0. The van der Waals surface area contributed by atoms with Crippen molar-refractivity contribution >= 4 is 17.8 Å². The largest absolute Gasteiger partial charge is 0.490 e. The first-order chi connectivity index (χ1) is 11.1. The van der Waals surface area contributed by atoms with E-state index >= 15 is 0 Å². The first-order valence-corrected chi connectivity index (χ1v) is 6.85. The quantitative estimate of drug-likeness (QED) is 0.340. The number of hydrogen-bond acceptors (Lipinski definition) is 5. The lowest BCUT2D eigenvalue weighted by atomic mass is 10.2. The number of hydrazine groups is 1. The minimum Gasteiger partial charge on any atom is -0.490 e. The van der Waals surface area contributed by atoms with Gasteiger partial charge in [-0.1, -0.05) is 12.7 Å². The summed E-state index contributed by atoms with van der Waals surface area (Å²) in [4.78, 5) is 34.2. The maximum atomic E-state index is 11.8. The van der Waals surface area contributed by atoms with Crippen molar-refractivity contribution in [2.45, 2.75) is 6.92 Å². The van der Waals surface area contributed by atoms with Crippen LogP contribution >= 0.6 is 0 Å². The Kier molecular flexibility index (Phi) is 7.63. The van der Waals surface area contributed by atoms with E-state index in [2.05, 4.69) is 22.2 Å². The molecule has 1 aromatic carbocycles. The highest BCUT2D eigenvalue weighted by molar-refractivity contribution is 5.98. The van der Waals surface area contributed by atoms with E-state index in [0.717, 1.165) is 12.2 Å². The summed E-state index contributed by atoms with van der Waals surface area (Å²) in [5.41, 5.74) is 4.71. The van der Waals surface area contributed by atoms with Crippen LogP contribution in [0.5, 0.6) is 5.75 Å². The van der Waals surface area contributed by atoms with Gasteiger partial charge in [-0.25, -0.2) is 4.79 Å². The van der Waals surface area contributed by atoms with Crippen LogP contribution in [0.25, 0.3) is 0 Å². The van der Waals surface area contributed by atoms with Crippen LogP contribution in [0.15, 0.2) is 49.1 Å². The number of nitrogens with one attached hydrogen (secondary N) is 2. The van der Waals surface area contributed by atoms with Crippen molar-refractivity contribution in [3.05, 3.63) is 54.6 Å². The third kappa shape index (κ3) is 6.94. The van der Waals surface area contributed by atoms with E-state index in [1.165, 1.54) is 0 Å². The molecule has 0 unspecified atom stereocenters. The van der Waals surface area contributed by atoms with Crippen LogP contribution in [-0.4, -0.2) is 31.0 Å². The Hall–Kier alpha value is -3.09. The second-order valence-corrected chi connectivity index (χ2v) is 4.15. The zero-order valence-electron chi connectivity index (χ0n) is 12.7. The summed E-state index contributed by atoms with van der Waals surface area (Å²) in [7, 11) is 0. The van der Waals surface area contributed by atoms with Crippen LogP contribution in [0, 0.1) is 0 Å². The summed E-state index contributed by atoms with van der Waals surface area (Å²) in [6.07, 6.45) is 3.54. The summed E-state index contributed by atoms with van der Waals surface area (Å²) < 4.78 is 9.91. The Morgan fingerprint density at radius 3 is 2.43 bits per heavy atom. The monoisotopic (exact) mass is 318 g/mol. The smallest absolute Gasteiger partial charge is 0.330 e. The highest BCUT2D eigenvalue weighted by atomic mass is 16.5. The Labute approximate surface area is 133 Å². The molecule has 1 rings (SSSR count). The fourth-order valence-electron chi connectivity index (χ4n) is 1.42. The van der Waals surface area contributed by atoms with Crippen LogP contribution in [0.4, 0.5) is 0 Å². The molecule has 0 spiro atoms. The Morgan fingerprint density at radius 2 is 1.83 bits per heavy atom. The maximum absolute atomic E-state index is 11.8. The van der Waals surface area contributed by atoms with Crippen LogP contribution < -0.4 is 15.6 Å². The normalized spacial score (nSPS) is 9.96. The van der Waals surface area contributed by atoms with Crippen molar-refractivity contribution in [3.63, 3.8) is 0 Å². The van der Waals surface area contributed by atoms with Gasteiger partial charge in [0.15, 0.2) is 0 Å². The van der Waals surface area contributed by atoms with Crippen molar-refractivity contribution < 1.29 is 23.9 Å². The lowest BCUT2D eigenvalue weighted by Crippen LogP contribution is -2.40. The van der Waals surface area contributed by atoms with Gasteiger partial charge in [0.05, 0.1) is 6.61 Å². The van der Waals surface area contributed by atoms with E-state index in [1.54, 1.807) is 37.3 Å². The van der Waals surface area contributed by atoms with Crippen molar-refractivity contribution in [2.24, 2.45) is 0 Å². The number of hydrogen-bond donors (Lipinski definition) is 2. The molecule has 7 nitrogen and oxygen atoms in total. The van der Waals surface area contributed by atoms with Crippen molar-refractivity contribution in [2.75, 3.05) is 13.2 Å². The number of ether oxygens (including phenoxy) is 2. The molecule has 0 saturated heterocycles. The summed E-state index contributed by atoms with van der Waals surface area (Å²) in [5.74, 6) is -1.19. The van der Waals surface area contributed by atoms with E-state index in [-0.39, 0.29) is 6.61 Å². The standard InChI is InChI=1S/C16H18N2O5/c1-3-11-23-13-7-5-12(6-8-13)16(21)18-17-14(19)9-10-15(20)22-4-2/h3,5-10H,1,4,11H2,2H3,(H,17,19)(H,18,21). The van der Waals surface area contributed by atoms with Gasteiger partial charge in [0.1, 0.15) is 12.4 Å². The lowest BCUT2D eigenvalue weighted by molar-refractivity contribution is -0.137. The minimum absolute atomic E-state index is 0.216. The molecule has 0 aliphatic rings. The zero-order chi connectivity index (χ0) is 17.1. The van der Waals surface area contributed by atoms with Crippen molar-refractivity contribution in [3.8, 4) is 5.75 Å². The predicted molar refractivity (Wildman–Crippen MR) is 83.5 cm³/mol. The van der Waals surface area contributed by atoms with Gasteiger partial charge in [0.25, 0.3) is 11.8 Å². The molecule has 0 radical (unpaired) electrons. The highest BCUT2D eigenvalue weighted by Gasteiger charge is 2.06. The van der Waals surface area contributed by atoms with Gasteiger partial charge in [0.2, 0.25) is 0 Å². The zero-order valence-corrected chi connectivity index (χ0v) is 12.7. The van der Waals surface area contributed by atoms with Gasteiger partial charge in [-0.3, -0.25) is 20.4 Å². The fraction of sp³-hybridized carbons (Fsp3) is 0.188. The van der Waals surface area contributed by atoms with E-state index < -0.39 is 17.8 Å². The number of carbonyl (C=O) groups is 3. The third-order valence-corrected chi connectivity index (χ3v) is 2.44. The first-order valence-electron chi connectivity index (χ1n) is 6.85. The Balaban J connectivity index is 2.45. The van der Waals surface area contributed by atoms with Gasteiger partial charge in [0, 0.05) is 17.7 Å². The third-order valence-electron chi connectivity index (χ3n) is 2.44. The number of esters is 1. The fourth-order valence-corrected chi connectivity index (χ4v) is 1.42. The van der Waals surface area contributed by atoms with Crippen LogP contribution in [0.1, 0.15) is 17.3 Å². The molecule has 0 aliphatic carbocycles.